The Hall–Kier alpha value is -2.69. The summed E-state index contributed by atoms with van der Waals surface area (Å²) in [6.07, 6.45) is 0. The lowest BCUT2D eigenvalue weighted by Gasteiger charge is -2.10. The van der Waals surface area contributed by atoms with E-state index in [4.69, 9.17) is 33.0 Å². The van der Waals surface area contributed by atoms with Crippen molar-refractivity contribution in [2.75, 3.05) is 5.32 Å². The predicted molar refractivity (Wildman–Crippen MR) is 108 cm³/mol. The molecule has 0 spiro atoms. The molecule has 27 heavy (non-hydrogen) atoms. The van der Waals surface area contributed by atoms with Gasteiger partial charge in [-0.2, -0.15) is 0 Å². The summed E-state index contributed by atoms with van der Waals surface area (Å²) in [4.78, 5) is 11.0. The van der Waals surface area contributed by atoms with Crippen LogP contribution in [0.5, 0.6) is 5.75 Å². The molecule has 0 fully saturated rings. The van der Waals surface area contributed by atoms with Crippen LogP contribution in [0.15, 0.2) is 66.7 Å². The number of carbonyl (C=O) groups is 1. The van der Waals surface area contributed by atoms with Crippen LogP contribution < -0.4 is 10.1 Å². The normalized spacial score (nSPS) is 10.4. The molecule has 4 nitrogen and oxygen atoms in total. The first-order valence-electron chi connectivity index (χ1n) is 8.24. The highest BCUT2D eigenvalue weighted by Gasteiger charge is 2.08. The third-order valence-electron chi connectivity index (χ3n) is 3.94. The van der Waals surface area contributed by atoms with Gasteiger partial charge in [-0.1, -0.05) is 47.5 Å². The highest BCUT2D eigenvalue weighted by Crippen LogP contribution is 2.22. The Morgan fingerprint density at radius 3 is 2.22 bits per heavy atom. The van der Waals surface area contributed by atoms with E-state index in [1.807, 2.05) is 48.5 Å². The first-order chi connectivity index (χ1) is 13.0. The predicted octanol–water partition coefficient (Wildman–Crippen LogP) is 5.88. The van der Waals surface area contributed by atoms with Crippen molar-refractivity contribution in [3.05, 3.63) is 93.5 Å². The molecule has 0 aromatic heterocycles. The SMILES string of the molecule is O=C(O)c1ccc(NCc2ccc(OCc3ccc(Cl)cc3)cc2)cc1Cl. The van der Waals surface area contributed by atoms with Crippen molar-refractivity contribution >= 4 is 34.9 Å². The minimum Gasteiger partial charge on any atom is -0.489 e. The smallest absolute Gasteiger partial charge is 0.337 e. The summed E-state index contributed by atoms with van der Waals surface area (Å²) in [6.45, 7) is 1.06. The molecule has 0 amide bonds. The molecule has 0 aliphatic heterocycles. The van der Waals surface area contributed by atoms with Gasteiger partial charge in [0.25, 0.3) is 0 Å². The molecular formula is C21H17Cl2NO3. The summed E-state index contributed by atoms with van der Waals surface area (Å²) in [6, 6.07) is 20.1. The number of carboxylic acid groups (broad SMARTS) is 1. The number of rotatable bonds is 7. The molecular weight excluding hydrogens is 385 g/mol. The molecule has 2 N–H and O–H groups in total. The summed E-state index contributed by atoms with van der Waals surface area (Å²) >= 11 is 11.8. The number of hydrogen-bond acceptors (Lipinski definition) is 3. The van der Waals surface area contributed by atoms with Gasteiger partial charge in [-0.05, 0) is 53.6 Å². The van der Waals surface area contributed by atoms with E-state index in [9.17, 15) is 4.79 Å². The van der Waals surface area contributed by atoms with E-state index >= 15 is 0 Å². The molecule has 0 bridgehead atoms. The van der Waals surface area contributed by atoms with E-state index in [2.05, 4.69) is 5.32 Å². The van der Waals surface area contributed by atoms with Crippen LogP contribution in [0.1, 0.15) is 21.5 Å². The summed E-state index contributed by atoms with van der Waals surface area (Å²) in [7, 11) is 0. The number of benzene rings is 3. The second kappa shape index (κ2) is 8.80. The molecule has 6 heteroatoms. The first-order valence-corrected chi connectivity index (χ1v) is 9.00. The molecule has 0 unspecified atom stereocenters. The van der Waals surface area contributed by atoms with Crippen molar-refractivity contribution < 1.29 is 14.6 Å². The Bertz CT molecular complexity index is 925. The van der Waals surface area contributed by atoms with Gasteiger partial charge in [0.2, 0.25) is 0 Å². The fourth-order valence-electron chi connectivity index (χ4n) is 2.45. The lowest BCUT2D eigenvalue weighted by atomic mass is 10.2. The van der Waals surface area contributed by atoms with Crippen molar-refractivity contribution in [3.8, 4) is 5.75 Å². The zero-order valence-electron chi connectivity index (χ0n) is 14.3. The number of hydrogen-bond donors (Lipinski definition) is 2. The van der Waals surface area contributed by atoms with Crippen molar-refractivity contribution in [2.24, 2.45) is 0 Å². The molecule has 0 aliphatic rings. The van der Waals surface area contributed by atoms with E-state index < -0.39 is 5.97 Å². The molecule has 0 saturated heterocycles. The van der Waals surface area contributed by atoms with Crippen molar-refractivity contribution in [1.82, 2.24) is 0 Å². The lowest BCUT2D eigenvalue weighted by molar-refractivity contribution is 0.0697. The first kappa shape index (κ1) is 19.1. The number of anilines is 1. The molecule has 3 aromatic carbocycles. The van der Waals surface area contributed by atoms with Gasteiger partial charge >= 0.3 is 5.97 Å². The quantitative estimate of drug-likeness (QED) is 0.518. The van der Waals surface area contributed by atoms with Crippen LogP contribution in [0.3, 0.4) is 0 Å². The maximum Gasteiger partial charge on any atom is 0.337 e. The minimum absolute atomic E-state index is 0.0874. The maximum atomic E-state index is 11.0. The molecule has 0 radical (unpaired) electrons. The molecule has 0 heterocycles. The van der Waals surface area contributed by atoms with Gasteiger partial charge in [0.05, 0.1) is 10.6 Å². The highest BCUT2D eigenvalue weighted by molar-refractivity contribution is 6.33. The Balaban J connectivity index is 1.54. The second-order valence-electron chi connectivity index (χ2n) is 5.91. The van der Waals surface area contributed by atoms with Gasteiger partial charge < -0.3 is 15.2 Å². The van der Waals surface area contributed by atoms with Crippen molar-refractivity contribution in [1.29, 1.82) is 0 Å². The van der Waals surface area contributed by atoms with Gasteiger partial charge in [0.1, 0.15) is 12.4 Å². The standard InChI is InChI=1S/C21H17Cl2NO3/c22-16-5-1-15(2-6-16)13-27-18-8-3-14(4-9-18)12-24-17-7-10-19(21(25)26)20(23)11-17/h1-11,24H,12-13H2,(H,25,26). The highest BCUT2D eigenvalue weighted by atomic mass is 35.5. The second-order valence-corrected chi connectivity index (χ2v) is 6.76. The van der Waals surface area contributed by atoms with E-state index in [1.54, 1.807) is 12.1 Å². The van der Waals surface area contributed by atoms with Gasteiger partial charge in [-0.15, -0.1) is 0 Å². The van der Waals surface area contributed by atoms with Gasteiger partial charge in [0, 0.05) is 17.3 Å². The molecule has 0 atom stereocenters. The van der Waals surface area contributed by atoms with Gasteiger partial charge in [-0.25, -0.2) is 4.79 Å². The molecule has 3 rings (SSSR count). The minimum atomic E-state index is -1.04. The Morgan fingerprint density at radius 1 is 0.926 bits per heavy atom. The van der Waals surface area contributed by atoms with E-state index in [1.165, 1.54) is 6.07 Å². The van der Waals surface area contributed by atoms with E-state index in [0.29, 0.717) is 18.2 Å². The largest absolute Gasteiger partial charge is 0.489 e. The summed E-state index contributed by atoms with van der Waals surface area (Å²) in [5.41, 5.74) is 2.96. The van der Waals surface area contributed by atoms with Crippen LogP contribution in [0.25, 0.3) is 0 Å². The molecule has 3 aromatic rings. The van der Waals surface area contributed by atoms with Gasteiger partial charge in [-0.3, -0.25) is 0 Å². The van der Waals surface area contributed by atoms with Crippen LogP contribution in [0.2, 0.25) is 10.0 Å². The van der Waals surface area contributed by atoms with Crippen LogP contribution >= 0.6 is 23.2 Å². The lowest BCUT2D eigenvalue weighted by Crippen LogP contribution is -2.02. The average molecular weight is 402 g/mol. The topological polar surface area (TPSA) is 58.6 Å². The number of halogens is 2. The van der Waals surface area contributed by atoms with Crippen LogP contribution in [-0.4, -0.2) is 11.1 Å². The Labute approximate surface area is 167 Å². The molecule has 0 aliphatic carbocycles. The summed E-state index contributed by atoms with van der Waals surface area (Å²) in [5.74, 6) is -0.261. The zero-order chi connectivity index (χ0) is 19.2. The third kappa shape index (κ3) is 5.39. The van der Waals surface area contributed by atoms with Gasteiger partial charge in [0.15, 0.2) is 0 Å². The van der Waals surface area contributed by atoms with E-state index in [-0.39, 0.29) is 10.6 Å². The summed E-state index contributed by atoms with van der Waals surface area (Å²) < 4.78 is 5.76. The maximum absolute atomic E-state index is 11.0. The third-order valence-corrected chi connectivity index (χ3v) is 4.50. The molecule has 138 valence electrons. The fraction of sp³-hybridized carbons (Fsp3) is 0.0952. The fourth-order valence-corrected chi connectivity index (χ4v) is 2.84. The molecule has 0 saturated carbocycles. The average Bonchev–Trinajstić information content (AvgIpc) is 2.66. The number of nitrogens with one attached hydrogen (secondary N) is 1. The van der Waals surface area contributed by atoms with E-state index in [0.717, 1.165) is 22.6 Å². The van der Waals surface area contributed by atoms with Crippen LogP contribution in [-0.2, 0) is 13.2 Å². The zero-order valence-corrected chi connectivity index (χ0v) is 15.8. The Morgan fingerprint density at radius 2 is 1.59 bits per heavy atom. The summed E-state index contributed by atoms with van der Waals surface area (Å²) in [5, 5.41) is 13.1. The van der Waals surface area contributed by atoms with Crippen molar-refractivity contribution in [3.63, 3.8) is 0 Å². The number of ether oxygens (including phenoxy) is 1. The number of carboxylic acids is 1. The number of aromatic carboxylic acids is 1. The van der Waals surface area contributed by atoms with Crippen LogP contribution in [0, 0.1) is 0 Å². The van der Waals surface area contributed by atoms with Crippen LogP contribution in [0.4, 0.5) is 5.69 Å². The Kier molecular flexibility index (Phi) is 6.22. The monoisotopic (exact) mass is 401 g/mol. The van der Waals surface area contributed by atoms with Crippen molar-refractivity contribution in [2.45, 2.75) is 13.2 Å².